The average molecular weight is 226 g/mol. The first-order chi connectivity index (χ1) is 7.06. The Morgan fingerprint density at radius 2 is 2.33 bits per heavy atom. The van der Waals surface area contributed by atoms with Gasteiger partial charge in [-0.2, -0.15) is 0 Å². The van der Waals surface area contributed by atoms with Gasteiger partial charge in [-0.05, 0) is 13.0 Å². The van der Waals surface area contributed by atoms with Crippen LogP contribution in [0.2, 0.25) is 5.15 Å². The zero-order valence-electron chi connectivity index (χ0n) is 7.94. The number of hydrogen-bond donors (Lipinski definition) is 1. The monoisotopic (exact) mass is 225 g/mol. The molecular formula is C9H8ClN3O2. The topological polar surface area (TPSA) is 67.5 Å². The molecule has 2 aromatic rings. The fourth-order valence-corrected chi connectivity index (χ4v) is 1.61. The zero-order chi connectivity index (χ0) is 11.0. The standard InChI is InChI=1S/C9H8ClN3O2/c1-5-2-7(10)13-4-6(3-8(14)15)12-9(13)11-5/h2,4H,3H2,1H3,(H,14,15). The number of aromatic nitrogens is 3. The van der Waals surface area contributed by atoms with Crippen LogP contribution in [-0.2, 0) is 11.2 Å². The summed E-state index contributed by atoms with van der Waals surface area (Å²) in [6.07, 6.45) is 1.46. The molecule has 78 valence electrons. The number of aliphatic carboxylic acids is 1. The summed E-state index contributed by atoms with van der Waals surface area (Å²) in [7, 11) is 0. The lowest BCUT2D eigenvalue weighted by atomic mass is 10.3. The molecule has 0 amide bonds. The summed E-state index contributed by atoms with van der Waals surface area (Å²) in [4.78, 5) is 18.7. The molecule has 6 heteroatoms. The van der Waals surface area contributed by atoms with Crippen molar-refractivity contribution in [1.29, 1.82) is 0 Å². The van der Waals surface area contributed by atoms with Gasteiger partial charge in [0.25, 0.3) is 0 Å². The van der Waals surface area contributed by atoms with Gasteiger partial charge in [-0.3, -0.25) is 9.20 Å². The van der Waals surface area contributed by atoms with Gasteiger partial charge < -0.3 is 5.11 Å². The fraction of sp³-hybridized carbons (Fsp3) is 0.222. The van der Waals surface area contributed by atoms with Crippen molar-refractivity contribution in [3.8, 4) is 0 Å². The molecular weight excluding hydrogens is 218 g/mol. The Kier molecular flexibility index (Phi) is 2.32. The van der Waals surface area contributed by atoms with E-state index in [-0.39, 0.29) is 6.42 Å². The van der Waals surface area contributed by atoms with Gasteiger partial charge >= 0.3 is 5.97 Å². The summed E-state index contributed by atoms with van der Waals surface area (Å²) >= 11 is 5.95. The van der Waals surface area contributed by atoms with Gasteiger partial charge in [0.1, 0.15) is 5.15 Å². The van der Waals surface area contributed by atoms with Crippen LogP contribution in [0.1, 0.15) is 11.4 Å². The molecule has 0 aliphatic carbocycles. The number of hydrogen-bond acceptors (Lipinski definition) is 3. The first kappa shape index (κ1) is 9.92. The SMILES string of the molecule is Cc1cc(Cl)n2cc(CC(=O)O)nc2n1. The molecule has 0 aliphatic heterocycles. The third kappa shape index (κ3) is 1.92. The number of carboxylic acids is 1. The molecule has 0 fully saturated rings. The third-order valence-electron chi connectivity index (χ3n) is 1.90. The second kappa shape index (κ2) is 3.51. The Bertz CT molecular complexity index is 535. The van der Waals surface area contributed by atoms with Crippen LogP contribution in [0, 0.1) is 6.92 Å². The van der Waals surface area contributed by atoms with E-state index in [4.69, 9.17) is 16.7 Å². The summed E-state index contributed by atoms with van der Waals surface area (Å²) in [6.45, 7) is 1.80. The van der Waals surface area contributed by atoms with Crippen molar-refractivity contribution in [2.45, 2.75) is 13.3 Å². The largest absolute Gasteiger partial charge is 0.481 e. The second-order valence-electron chi connectivity index (χ2n) is 3.19. The van der Waals surface area contributed by atoms with Gasteiger partial charge in [0.15, 0.2) is 0 Å². The Morgan fingerprint density at radius 3 is 3.00 bits per heavy atom. The molecule has 0 saturated heterocycles. The fourth-order valence-electron chi connectivity index (χ4n) is 1.33. The summed E-state index contributed by atoms with van der Waals surface area (Å²) in [5.74, 6) is -0.498. The van der Waals surface area contributed by atoms with E-state index >= 15 is 0 Å². The molecule has 2 heterocycles. The number of halogens is 1. The highest BCUT2D eigenvalue weighted by atomic mass is 35.5. The molecule has 0 bridgehead atoms. The highest BCUT2D eigenvalue weighted by Gasteiger charge is 2.09. The van der Waals surface area contributed by atoms with E-state index in [1.54, 1.807) is 23.6 Å². The highest BCUT2D eigenvalue weighted by molar-refractivity contribution is 6.29. The van der Waals surface area contributed by atoms with E-state index in [0.717, 1.165) is 5.69 Å². The number of rotatable bonds is 2. The van der Waals surface area contributed by atoms with Crippen LogP contribution in [0.25, 0.3) is 5.78 Å². The number of fused-ring (bicyclic) bond motifs is 1. The lowest BCUT2D eigenvalue weighted by molar-refractivity contribution is -0.136. The van der Waals surface area contributed by atoms with Crippen LogP contribution in [0.3, 0.4) is 0 Å². The van der Waals surface area contributed by atoms with Crippen molar-refractivity contribution >= 4 is 23.3 Å². The van der Waals surface area contributed by atoms with Gasteiger partial charge in [0.05, 0.1) is 12.1 Å². The van der Waals surface area contributed by atoms with Crippen LogP contribution in [0.15, 0.2) is 12.3 Å². The molecule has 0 unspecified atom stereocenters. The minimum atomic E-state index is -0.925. The summed E-state index contributed by atoms with van der Waals surface area (Å²) < 4.78 is 1.56. The van der Waals surface area contributed by atoms with E-state index < -0.39 is 5.97 Å². The lowest BCUT2D eigenvalue weighted by Gasteiger charge is -1.96. The molecule has 0 radical (unpaired) electrons. The molecule has 0 atom stereocenters. The molecule has 0 aromatic carbocycles. The van der Waals surface area contributed by atoms with Crippen molar-refractivity contribution in [2.75, 3.05) is 0 Å². The van der Waals surface area contributed by atoms with Crippen LogP contribution in [0.5, 0.6) is 0 Å². The molecule has 5 nitrogen and oxygen atoms in total. The first-order valence-corrected chi connectivity index (χ1v) is 4.67. The van der Waals surface area contributed by atoms with Crippen molar-refractivity contribution < 1.29 is 9.90 Å². The van der Waals surface area contributed by atoms with E-state index in [2.05, 4.69) is 9.97 Å². The van der Waals surface area contributed by atoms with Gasteiger partial charge in [0.2, 0.25) is 5.78 Å². The van der Waals surface area contributed by atoms with Crippen molar-refractivity contribution in [1.82, 2.24) is 14.4 Å². The maximum absolute atomic E-state index is 10.5. The predicted molar refractivity (Wildman–Crippen MR) is 54.1 cm³/mol. The van der Waals surface area contributed by atoms with Crippen LogP contribution in [0.4, 0.5) is 0 Å². The van der Waals surface area contributed by atoms with Crippen LogP contribution < -0.4 is 0 Å². The van der Waals surface area contributed by atoms with Crippen molar-refractivity contribution in [3.63, 3.8) is 0 Å². The normalized spacial score (nSPS) is 10.8. The first-order valence-electron chi connectivity index (χ1n) is 4.29. The molecule has 0 saturated carbocycles. The molecule has 2 rings (SSSR count). The van der Waals surface area contributed by atoms with Gasteiger partial charge in [-0.15, -0.1) is 0 Å². The van der Waals surface area contributed by atoms with Gasteiger partial charge in [-0.25, -0.2) is 9.97 Å². The summed E-state index contributed by atoms with van der Waals surface area (Å²) in [5.41, 5.74) is 1.20. The lowest BCUT2D eigenvalue weighted by Crippen LogP contribution is -1.99. The number of nitrogens with zero attached hydrogens (tertiary/aromatic N) is 3. The zero-order valence-corrected chi connectivity index (χ0v) is 8.69. The molecule has 0 spiro atoms. The van der Waals surface area contributed by atoms with Crippen LogP contribution >= 0.6 is 11.6 Å². The Balaban J connectivity index is 2.55. The van der Waals surface area contributed by atoms with E-state index in [9.17, 15) is 4.79 Å². The van der Waals surface area contributed by atoms with Gasteiger partial charge in [-0.1, -0.05) is 11.6 Å². The number of carbonyl (C=O) groups is 1. The predicted octanol–water partition coefficient (Wildman–Crippen LogP) is 1.32. The third-order valence-corrected chi connectivity index (χ3v) is 2.20. The summed E-state index contributed by atoms with van der Waals surface area (Å²) in [5, 5.41) is 9.09. The smallest absolute Gasteiger partial charge is 0.309 e. The number of aryl methyl sites for hydroxylation is 1. The van der Waals surface area contributed by atoms with E-state index in [1.807, 2.05) is 0 Å². The van der Waals surface area contributed by atoms with Crippen molar-refractivity contribution in [3.05, 3.63) is 28.8 Å². The quantitative estimate of drug-likeness (QED) is 0.783. The van der Waals surface area contributed by atoms with E-state index in [0.29, 0.717) is 16.6 Å². The Labute approximate surface area is 90.3 Å². The highest BCUT2D eigenvalue weighted by Crippen LogP contribution is 2.13. The second-order valence-corrected chi connectivity index (χ2v) is 3.58. The molecule has 2 aromatic heterocycles. The minimum Gasteiger partial charge on any atom is -0.481 e. The maximum atomic E-state index is 10.5. The van der Waals surface area contributed by atoms with E-state index in [1.165, 1.54) is 0 Å². The number of imidazole rings is 1. The summed E-state index contributed by atoms with van der Waals surface area (Å²) in [6, 6.07) is 1.70. The molecule has 1 N–H and O–H groups in total. The molecule has 15 heavy (non-hydrogen) atoms. The molecule has 0 aliphatic rings. The van der Waals surface area contributed by atoms with Gasteiger partial charge in [0, 0.05) is 11.9 Å². The minimum absolute atomic E-state index is 0.126. The Hall–Kier alpha value is -1.62. The van der Waals surface area contributed by atoms with Crippen LogP contribution in [-0.4, -0.2) is 25.4 Å². The number of carboxylic acid groups (broad SMARTS) is 1. The maximum Gasteiger partial charge on any atom is 0.309 e. The average Bonchev–Trinajstić information content (AvgIpc) is 2.45. The van der Waals surface area contributed by atoms with Crippen molar-refractivity contribution in [2.24, 2.45) is 0 Å². The Morgan fingerprint density at radius 1 is 1.60 bits per heavy atom.